The van der Waals surface area contributed by atoms with Crippen LogP contribution in [-0.2, 0) is 21.5 Å². The molecule has 0 radical (unpaired) electrons. The van der Waals surface area contributed by atoms with Gasteiger partial charge >= 0.3 is 0 Å². The predicted molar refractivity (Wildman–Crippen MR) is 163 cm³/mol. The van der Waals surface area contributed by atoms with E-state index in [1.165, 1.54) is 16.7 Å². The molecule has 8 nitrogen and oxygen atoms in total. The van der Waals surface area contributed by atoms with Crippen molar-refractivity contribution in [2.24, 2.45) is 0 Å². The molecule has 10 heteroatoms. The van der Waals surface area contributed by atoms with Gasteiger partial charge in [-0.2, -0.15) is 5.10 Å². The smallest absolute Gasteiger partial charge is 0.240 e. The molecule has 212 valence electrons. The molecule has 41 heavy (non-hydrogen) atoms. The predicted octanol–water partition coefficient (Wildman–Crippen LogP) is 5.71. The van der Waals surface area contributed by atoms with E-state index in [1.54, 1.807) is 24.1 Å². The lowest BCUT2D eigenvalue weighted by Crippen LogP contribution is -2.42. The summed E-state index contributed by atoms with van der Waals surface area (Å²) in [6.07, 6.45) is 1.68. The minimum Gasteiger partial charge on any atom is -0.496 e. The minimum atomic E-state index is -0.391. The molecule has 0 unspecified atom stereocenters. The van der Waals surface area contributed by atoms with Crippen molar-refractivity contribution in [2.75, 3.05) is 24.3 Å². The van der Waals surface area contributed by atoms with Gasteiger partial charge in [-0.15, -0.1) is 11.8 Å². The molecule has 0 spiro atoms. The van der Waals surface area contributed by atoms with Crippen LogP contribution in [0.2, 0.25) is 5.02 Å². The summed E-state index contributed by atoms with van der Waals surface area (Å²) < 4.78 is 7.47. The van der Waals surface area contributed by atoms with Crippen molar-refractivity contribution in [2.45, 2.75) is 38.0 Å². The number of rotatable bonds is 7. The van der Waals surface area contributed by atoms with Crippen LogP contribution in [0.25, 0.3) is 5.69 Å². The Kier molecular flexibility index (Phi) is 8.37. The maximum Gasteiger partial charge on any atom is 0.240 e. The van der Waals surface area contributed by atoms with Crippen molar-refractivity contribution >= 4 is 41.0 Å². The van der Waals surface area contributed by atoms with Crippen LogP contribution in [0.3, 0.4) is 0 Å². The Hall–Kier alpha value is -3.82. The molecule has 0 saturated carbocycles. The van der Waals surface area contributed by atoms with Crippen molar-refractivity contribution in [3.05, 3.63) is 100 Å². The Balaban J connectivity index is 1.69. The summed E-state index contributed by atoms with van der Waals surface area (Å²) in [5, 5.41) is 8.21. The fourth-order valence-corrected chi connectivity index (χ4v) is 6.32. The first-order valence-corrected chi connectivity index (χ1v) is 14.7. The topological polar surface area (TPSA) is 89.3 Å². The van der Waals surface area contributed by atoms with Crippen molar-refractivity contribution in [3.8, 4) is 11.4 Å². The molecule has 1 aliphatic heterocycles. The molecule has 2 amide bonds. The molecular formula is C31H32ClN5O3S. The zero-order chi connectivity index (χ0) is 29.1. The summed E-state index contributed by atoms with van der Waals surface area (Å²) in [4.78, 5) is 33.0. The van der Waals surface area contributed by atoms with Gasteiger partial charge in [0.2, 0.25) is 11.8 Å². The fourth-order valence-electron chi connectivity index (χ4n) is 4.88. The second-order valence-corrected chi connectivity index (χ2v) is 12.2. The second-order valence-electron chi connectivity index (χ2n) is 10.7. The van der Waals surface area contributed by atoms with Gasteiger partial charge in [0, 0.05) is 22.7 Å². The summed E-state index contributed by atoms with van der Waals surface area (Å²) in [6, 6.07) is 20.7. The Labute approximate surface area is 249 Å². The normalized spacial score (nSPS) is 15.3. The monoisotopic (exact) mass is 589 g/mol. The summed E-state index contributed by atoms with van der Waals surface area (Å²) in [7, 11) is 1.64. The molecular weight excluding hydrogens is 558 g/mol. The zero-order valence-corrected chi connectivity index (χ0v) is 25.0. The number of nitrogens with zero attached hydrogens (tertiary/aromatic N) is 4. The first-order valence-electron chi connectivity index (χ1n) is 13.3. The number of halogens is 1. The van der Waals surface area contributed by atoms with Gasteiger partial charge in [-0.05, 0) is 30.3 Å². The largest absolute Gasteiger partial charge is 0.496 e. The number of carbonyl (C=O) groups is 2. The van der Waals surface area contributed by atoms with E-state index in [0.717, 1.165) is 28.3 Å². The lowest BCUT2D eigenvalue weighted by atomic mass is 9.87. The number of carbonyl (C=O) groups excluding carboxylic acids is 2. The molecule has 5 rings (SSSR count). The van der Waals surface area contributed by atoms with Crippen LogP contribution < -0.4 is 15.0 Å². The number of methoxy groups -OCH3 is 1. The molecule has 0 bridgehead atoms. The molecule has 2 aromatic heterocycles. The maximum absolute atomic E-state index is 13.9. The highest BCUT2D eigenvalue weighted by Crippen LogP contribution is 2.50. The number of nitrogens with one attached hydrogen (secondary N) is 1. The second kappa shape index (κ2) is 12.0. The molecule has 2 aromatic carbocycles. The minimum absolute atomic E-state index is 0.164. The summed E-state index contributed by atoms with van der Waals surface area (Å²) in [5.74, 6) is 0.907. The van der Waals surface area contributed by atoms with Gasteiger partial charge < -0.3 is 10.1 Å². The molecule has 0 fully saturated rings. The Morgan fingerprint density at radius 2 is 1.83 bits per heavy atom. The number of pyridine rings is 1. The average Bonchev–Trinajstić information content (AvgIpc) is 3.30. The van der Waals surface area contributed by atoms with Crippen LogP contribution >= 0.6 is 23.4 Å². The highest BCUT2D eigenvalue weighted by atomic mass is 35.5. The van der Waals surface area contributed by atoms with Crippen LogP contribution in [-0.4, -0.2) is 46.0 Å². The number of ether oxygens (including phenoxy) is 1. The van der Waals surface area contributed by atoms with Crippen molar-refractivity contribution in [1.29, 1.82) is 0 Å². The van der Waals surface area contributed by atoms with E-state index in [0.29, 0.717) is 16.5 Å². The Morgan fingerprint density at radius 3 is 2.54 bits per heavy atom. The highest BCUT2D eigenvalue weighted by Gasteiger charge is 2.40. The lowest BCUT2D eigenvalue weighted by molar-refractivity contribution is -0.123. The number of aromatic nitrogens is 3. The number of amides is 2. The van der Waals surface area contributed by atoms with Gasteiger partial charge in [-0.1, -0.05) is 68.8 Å². The van der Waals surface area contributed by atoms with Gasteiger partial charge in [0.15, 0.2) is 0 Å². The summed E-state index contributed by atoms with van der Waals surface area (Å²) in [5.41, 5.74) is 3.56. The highest BCUT2D eigenvalue weighted by molar-refractivity contribution is 8.00. The van der Waals surface area contributed by atoms with Crippen LogP contribution in [0.15, 0.2) is 72.9 Å². The summed E-state index contributed by atoms with van der Waals surface area (Å²) >= 11 is 8.20. The van der Waals surface area contributed by atoms with Crippen LogP contribution in [0.1, 0.15) is 48.5 Å². The molecule has 0 aliphatic carbocycles. The number of fused-ring (bicyclic) bond motifs is 1. The molecule has 0 saturated heterocycles. The third-order valence-electron chi connectivity index (χ3n) is 6.80. The van der Waals surface area contributed by atoms with E-state index in [2.05, 4.69) is 31.1 Å². The van der Waals surface area contributed by atoms with Crippen LogP contribution in [0, 0.1) is 0 Å². The van der Waals surface area contributed by atoms with Gasteiger partial charge in [0.05, 0.1) is 46.8 Å². The zero-order valence-electron chi connectivity index (χ0n) is 23.4. The first-order chi connectivity index (χ1) is 19.7. The van der Waals surface area contributed by atoms with Crippen molar-refractivity contribution in [1.82, 2.24) is 20.1 Å². The van der Waals surface area contributed by atoms with E-state index in [4.69, 9.17) is 21.4 Å². The first kappa shape index (κ1) is 28.7. The van der Waals surface area contributed by atoms with Crippen LogP contribution in [0.4, 0.5) is 5.82 Å². The number of para-hydroxylation sites is 2. The number of benzene rings is 2. The van der Waals surface area contributed by atoms with Gasteiger partial charge in [0.25, 0.3) is 0 Å². The van der Waals surface area contributed by atoms with Gasteiger partial charge in [-0.25, -0.2) is 4.68 Å². The third-order valence-corrected chi connectivity index (χ3v) is 8.35. The summed E-state index contributed by atoms with van der Waals surface area (Å²) in [6.45, 7) is 6.34. The number of hydrogen-bond acceptors (Lipinski definition) is 6. The third kappa shape index (κ3) is 5.96. The Morgan fingerprint density at radius 1 is 1.10 bits per heavy atom. The van der Waals surface area contributed by atoms with Gasteiger partial charge in [0.1, 0.15) is 18.1 Å². The molecule has 1 N–H and O–H groups in total. The number of hydrogen-bond donors (Lipinski definition) is 1. The van der Waals surface area contributed by atoms with Gasteiger partial charge in [-0.3, -0.25) is 19.5 Å². The van der Waals surface area contributed by atoms with Crippen molar-refractivity contribution in [3.63, 3.8) is 0 Å². The quantitative estimate of drug-likeness (QED) is 0.297. The fraction of sp³-hybridized carbons (Fsp3) is 0.290. The average molecular weight is 590 g/mol. The lowest BCUT2D eigenvalue weighted by Gasteiger charge is -2.25. The van der Waals surface area contributed by atoms with E-state index in [9.17, 15) is 9.59 Å². The standard InChI is InChI=1S/C31H32ClN5O3S/c1-31(2,3)29-27-28(21-12-5-8-15-24(21)40-4)41-19-26(39)36(18-25(38)34-17-20-11-9-10-16-33-20)30(27)37(35-29)23-14-7-6-13-22(23)32/h5-16,28H,17-19H2,1-4H3,(H,34,38)/t28-/m0/s1. The van der Waals surface area contributed by atoms with E-state index >= 15 is 0 Å². The molecule has 3 heterocycles. The van der Waals surface area contributed by atoms with Crippen molar-refractivity contribution < 1.29 is 14.3 Å². The number of thioether (sulfide) groups is 1. The Bertz CT molecular complexity index is 1570. The molecule has 4 aromatic rings. The van der Waals surface area contributed by atoms with E-state index in [-0.39, 0.29) is 35.9 Å². The van der Waals surface area contributed by atoms with E-state index in [1.807, 2.05) is 60.7 Å². The maximum atomic E-state index is 13.9. The van der Waals surface area contributed by atoms with Crippen LogP contribution in [0.5, 0.6) is 5.75 Å². The number of anilines is 1. The molecule has 1 atom stereocenters. The van der Waals surface area contributed by atoms with E-state index < -0.39 is 5.41 Å². The SMILES string of the molecule is COc1ccccc1[C@@H]1SCC(=O)N(CC(=O)NCc2ccccn2)c2c1c(C(C)(C)C)nn2-c1ccccc1Cl. The molecule has 1 aliphatic rings.